The van der Waals surface area contributed by atoms with Crippen LogP contribution >= 0.6 is 0 Å². The average Bonchev–Trinajstić information content (AvgIpc) is 2.68. The summed E-state index contributed by atoms with van der Waals surface area (Å²) in [5.41, 5.74) is 0. The van der Waals surface area contributed by atoms with Crippen LogP contribution in [0.2, 0.25) is 0 Å². The molecule has 4 nitrogen and oxygen atoms in total. The molecule has 15 heavy (non-hydrogen) atoms. The monoisotopic (exact) mass is 209 g/mol. The highest BCUT2D eigenvalue weighted by molar-refractivity contribution is 5.91. The molecule has 2 rings (SSSR count). The number of nitrogens with zero attached hydrogens (tertiary/aromatic N) is 1. The second-order valence-electron chi connectivity index (χ2n) is 3.71. The van der Waals surface area contributed by atoms with E-state index in [0.29, 0.717) is 5.76 Å². The van der Waals surface area contributed by atoms with Crippen molar-refractivity contribution in [3.05, 3.63) is 23.7 Å². The Labute approximate surface area is 88.8 Å². The van der Waals surface area contributed by atoms with E-state index in [2.05, 4.69) is 4.90 Å². The Balaban J connectivity index is 1.94. The van der Waals surface area contributed by atoms with E-state index >= 15 is 0 Å². The molecule has 2 heterocycles. The lowest BCUT2D eigenvalue weighted by molar-refractivity contribution is 0.0311. The van der Waals surface area contributed by atoms with E-state index in [0.717, 1.165) is 38.6 Å². The van der Waals surface area contributed by atoms with Crippen molar-refractivity contribution in [2.24, 2.45) is 0 Å². The molecule has 0 saturated carbocycles. The molecule has 1 aliphatic heterocycles. The highest BCUT2D eigenvalue weighted by atomic mass is 16.5. The first-order chi connectivity index (χ1) is 7.25. The van der Waals surface area contributed by atoms with Gasteiger partial charge in [0.1, 0.15) is 5.76 Å². The first-order valence-corrected chi connectivity index (χ1v) is 5.15. The summed E-state index contributed by atoms with van der Waals surface area (Å²) in [4.78, 5) is 13.3. The number of furan rings is 1. The fraction of sp³-hybridized carbons (Fsp3) is 0.545. The van der Waals surface area contributed by atoms with E-state index in [1.165, 1.54) is 6.92 Å². The molecular weight excluding hydrogens is 194 g/mol. The molecule has 0 aromatic carbocycles. The van der Waals surface area contributed by atoms with Crippen LogP contribution in [-0.2, 0) is 11.3 Å². The second-order valence-corrected chi connectivity index (χ2v) is 3.71. The summed E-state index contributed by atoms with van der Waals surface area (Å²) in [6.07, 6.45) is 0. The summed E-state index contributed by atoms with van der Waals surface area (Å²) in [5.74, 6) is 1.27. The van der Waals surface area contributed by atoms with Gasteiger partial charge in [-0.2, -0.15) is 0 Å². The Morgan fingerprint density at radius 2 is 2.13 bits per heavy atom. The van der Waals surface area contributed by atoms with Crippen LogP contribution in [0.3, 0.4) is 0 Å². The fourth-order valence-corrected chi connectivity index (χ4v) is 1.63. The van der Waals surface area contributed by atoms with E-state index in [1.807, 2.05) is 6.07 Å². The molecule has 1 aromatic heterocycles. The largest absolute Gasteiger partial charge is 0.457 e. The van der Waals surface area contributed by atoms with Gasteiger partial charge in [-0.3, -0.25) is 9.69 Å². The first-order valence-electron chi connectivity index (χ1n) is 5.15. The maximum Gasteiger partial charge on any atom is 0.194 e. The number of carbonyl (C=O) groups is 1. The molecule has 4 heteroatoms. The lowest BCUT2D eigenvalue weighted by atomic mass is 10.3. The number of rotatable bonds is 3. The standard InChI is InChI=1S/C11H15NO3/c1-9(13)11-3-2-10(15-11)8-12-4-6-14-7-5-12/h2-3H,4-8H2,1H3. The minimum absolute atomic E-state index is 0.0248. The van der Waals surface area contributed by atoms with E-state index in [9.17, 15) is 4.79 Å². The van der Waals surface area contributed by atoms with Crippen molar-refractivity contribution in [1.82, 2.24) is 4.90 Å². The lowest BCUT2D eigenvalue weighted by Crippen LogP contribution is -2.35. The maximum atomic E-state index is 11.0. The molecule has 0 amide bonds. The van der Waals surface area contributed by atoms with Gasteiger partial charge in [0, 0.05) is 20.0 Å². The Morgan fingerprint density at radius 1 is 1.40 bits per heavy atom. The molecule has 0 N–H and O–H groups in total. The average molecular weight is 209 g/mol. The predicted octanol–water partition coefficient (Wildman–Crippen LogP) is 1.31. The molecule has 1 saturated heterocycles. The molecular formula is C11H15NO3. The van der Waals surface area contributed by atoms with E-state index in [-0.39, 0.29) is 5.78 Å². The molecule has 1 fully saturated rings. The third kappa shape index (κ3) is 2.67. The number of morpholine rings is 1. The minimum atomic E-state index is -0.0248. The van der Waals surface area contributed by atoms with Crippen LogP contribution in [0.25, 0.3) is 0 Å². The van der Waals surface area contributed by atoms with Crippen molar-refractivity contribution < 1.29 is 13.9 Å². The van der Waals surface area contributed by atoms with Crippen LogP contribution in [-0.4, -0.2) is 37.0 Å². The molecule has 0 bridgehead atoms. The molecule has 0 aliphatic carbocycles. The number of ketones is 1. The zero-order chi connectivity index (χ0) is 10.7. The van der Waals surface area contributed by atoms with Gasteiger partial charge < -0.3 is 9.15 Å². The quantitative estimate of drug-likeness (QED) is 0.704. The van der Waals surface area contributed by atoms with E-state index < -0.39 is 0 Å². The molecule has 82 valence electrons. The summed E-state index contributed by atoms with van der Waals surface area (Å²) in [6, 6.07) is 3.60. The Kier molecular flexibility index (Phi) is 3.18. The van der Waals surface area contributed by atoms with Crippen LogP contribution in [0.1, 0.15) is 23.2 Å². The van der Waals surface area contributed by atoms with Gasteiger partial charge in [0.05, 0.1) is 19.8 Å². The SMILES string of the molecule is CC(=O)c1ccc(CN2CCOCC2)o1. The van der Waals surface area contributed by atoms with Crippen molar-refractivity contribution in [3.63, 3.8) is 0 Å². The van der Waals surface area contributed by atoms with Gasteiger partial charge in [-0.15, -0.1) is 0 Å². The topological polar surface area (TPSA) is 42.7 Å². The van der Waals surface area contributed by atoms with Crippen LogP contribution in [0.5, 0.6) is 0 Å². The van der Waals surface area contributed by atoms with Gasteiger partial charge in [-0.1, -0.05) is 0 Å². The zero-order valence-electron chi connectivity index (χ0n) is 8.86. The number of Topliss-reactive ketones (excluding diaryl/α,β-unsaturated/α-hetero) is 1. The summed E-state index contributed by atoms with van der Waals surface area (Å²) in [5, 5.41) is 0. The number of hydrogen-bond acceptors (Lipinski definition) is 4. The van der Waals surface area contributed by atoms with Crippen LogP contribution in [0.15, 0.2) is 16.5 Å². The van der Waals surface area contributed by atoms with Gasteiger partial charge in [-0.05, 0) is 12.1 Å². The third-order valence-electron chi connectivity index (χ3n) is 2.49. The van der Waals surface area contributed by atoms with Crippen LogP contribution < -0.4 is 0 Å². The van der Waals surface area contributed by atoms with E-state index in [4.69, 9.17) is 9.15 Å². The first kappa shape index (κ1) is 10.4. The molecule has 0 atom stereocenters. The van der Waals surface area contributed by atoms with Crippen molar-refractivity contribution in [1.29, 1.82) is 0 Å². The Hall–Kier alpha value is -1.13. The highest BCUT2D eigenvalue weighted by Gasteiger charge is 2.13. The van der Waals surface area contributed by atoms with Crippen LogP contribution in [0, 0.1) is 0 Å². The van der Waals surface area contributed by atoms with Crippen molar-refractivity contribution >= 4 is 5.78 Å². The molecule has 0 radical (unpaired) electrons. The summed E-state index contributed by atoms with van der Waals surface area (Å²) >= 11 is 0. The smallest absolute Gasteiger partial charge is 0.194 e. The van der Waals surface area contributed by atoms with Crippen molar-refractivity contribution in [3.8, 4) is 0 Å². The molecule has 1 aromatic rings. The van der Waals surface area contributed by atoms with Gasteiger partial charge in [0.25, 0.3) is 0 Å². The maximum absolute atomic E-state index is 11.0. The van der Waals surface area contributed by atoms with Gasteiger partial charge >= 0.3 is 0 Å². The normalized spacial score (nSPS) is 17.9. The van der Waals surface area contributed by atoms with Gasteiger partial charge in [0.15, 0.2) is 11.5 Å². The third-order valence-corrected chi connectivity index (χ3v) is 2.49. The number of hydrogen-bond donors (Lipinski definition) is 0. The highest BCUT2D eigenvalue weighted by Crippen LogP contribution is 2.12. The molecule has 1 aliphatic rings. The van der Waals surface area contributed by atoms with Crippen molar-refractivity contribution in [2.75, 3.05) is 26.3 Å². The zero-order valence-corrected chi connectivity index (χ0v) is 8.86. The van der Waals surface area contributed by atoms with Crippen molar-refractivity contribution in [2.45, 2.75) is 13.5 Å². The summed E-state index contributed by atoms with van der Waals surface area (Å²) < 4.78 is 10.7. The summed E-state index contributed by atoms with van der Waals surface area (Å²) in [7, 11) is 0. The molecule has 0 unspecified atom stereocenters. The summed E-state index contributed by atoms with van der Waals surface area (Å²) in [6.45, 7) is 5.68. The minimum Gasteiger partial charge on any atom is -0.457 e. The Morgan fingerprint density at radius 3 is 2.73 bits per heavy atom. The Bertz CT molecular complexity index is 339. The fourth-order valence-electron chi connectivity index (χ4n) is 1.63. The predicted molar refractivity (Wildman–Crippen MR) is 54.8 cm³/mol. The number of ether oxygens (including phenoxy) is 1. The van der Waals surface area contributed by atoms with E-state index in [1.54, 1.807) is 6.07 Å². The second kappa shape index (κ2) is 4.59. The van der Waals surface area contributed by atoms with Gasteiger partial charge in [0.2, 0.25) is 0 Å². The molecule has 0 spiro atoms. The lowest BCUT2D eigenvalue weighted by Gasteiger charge is -2.25. The number of carbonyl (C=O) groups excluding carboxylic acids is 1. The van der Waals surface area contributed by atoms with Crippen LogP contribution in [0.4, 0.5) is 0 Å². The van der Waals surface area contributed by atoms with Gasteiger partial charge in [-0.25, -0.2) is 0 Å².